The number of rotatable bonds is 73. The molecule has 6 atom stereocenters. The zero-order chi connectivity index (χ0) is 69.4. The van der Waals surface area contributed by atoms with Crippen molar-refractivity contribution < 1.29 is 80.2 Å². The van der Waals surface area contributed by atoms with Gasteiger partial charge in [-0.15, -0.1) is 0 Å². The lowest BCUT2D eigenvalue weighted by molar-refractivity contribution is -0.161. The third kappa shape index (κ3) is 67.3. The first kappa shape index (κ1) is 92.1. The minimum Gasteiger partial charge on any atom is -0.462 e. The normalized spacial score (nSPS) is 14.4. The van der Waals surface area contributed by atoms with Crippen LogP contribution < -0.4 is 0 Å². The van der Waals surface area contributed by atoms with E-state index in [0.29, 0.717) is 25.7 Å². The molecule has 0 aromatic heterocycles. The molecular formula is C75H146O17P2. The molecular weight excluding hydrogens is 1230 g/mol. The van der Waals surface area contributed by atoms with Crippen molar-refractivity contribution in [2.75, 3.05) is 39.6 Å². The van der Waals surface area contributed by atoms with Crippen LogP contribution >= 0.6 is 15.6 Å². The quantitative estimate of drug-likeness (QED) is 0.0222. The van der Waals surface area contributed by atoms with Crippen LogP contribution in [0.1, 0.15) is 382 Å². The molecule has 0 aliphatic heterocycles. The summed E-state index contributed by atoms with van der Waals surface area (Å²) in [5.41, 5.74) is 0. The summed E-state index contributed by atoms with van der Waals surface area (Å²) in [5.74, 6) is 0.229. The number of phosphoric acid groups is 2. The fourth-order valence-corrected chi connectivity index (χ4v) is 13.0. The summed E-state index contributed by atoms with van der Waals surface area (Å²) >= 11 is 0. The second-order valence-corrected chi connectivity index (χ2v) is 31.1. The number of phosphoric ester groups is 2. The topological polar surface area (TPSA) is 237 Å². The highest BCUT2D eigenvalue weighted by Crippen LogP contribution is 2.45. The number of unbranched alkanes of at least 4 members (excludes halogenated alkanes) is 40. The monoisotopic (exact) mass is 1380 g/mol. The largest absolute Gasteiger partial charge is 0.472 e. The number of hydrogen-bond acceptors (Lipinski definition) is 15. The maximum atomic E-state index is 13.1. The molecule has 0 bridgehead atoms. The lowest BCUT2D eigenvalue weighted by Gasteiger charge is -2.21. The van der Waals surface area contributed by atoms with Crippen molar-refractivity contribution >= 4 is 39.5 Å². The number of ether oxygens (including phenoxy) is 4. The first-order valence-corrected chi connectivity index (χ1v) is 41.9. The van der Waals surface area contributed by atoms with Gasteiger partial charge in [0.2, 0.25) is 0 Å². The van der Waals surface area contributed by atoms with Crippen molar-refractivity contribution in [3.05, 3.63) is 0 Å². The van der Waals surface area contributed by atoms with E-state index in [2.05, 4.69) is 48.5 Å². The van der Waals surface area contributed by atoms with Gasteiger partial charge in [0.1, 0.15) is 19.3 Å². The lowest BCUT2D eigenvalue weighted by atomic mass is 9.99. The molecule has 0 aliphatic rings. The van der Waals surface area contributed by atoms with Gasteiger partial charge in [-0.1, -0.05) is 331 Å². The summed E-state index contributed by atoms with van der Waals surface area (Å²) in [7, 11) is -9.91. The maximum Gasteiger partial charge on any atom is 0.472 e. The molecule has 0 fully saturated rings. The van der Waals surface area contributed by atoms with Gasteiger partial charge >= 0.3 is 39.5 Å². The Hall–Kier alpha value is -1.94. The summed E-state index contributed by atoms with van der Waals surface area (Å²) in [4.78, 5) is 72.7. The van der Waals surface area contributed by atoms with Crippen LogP contribution in [-0.2, 0) is 65.4 Å². The Morgan fingerprint density at radius 3 is 0.809 bits per heavy atom. The molecule has 0 radical (unpaired) electrons. The van der Waals surface area contributed by atoms with E-state index in [4.69, 9.17) is 37.0 Å². The van der Waals surface area contributed by atoms with Gasteiger partial charge < -0.3 is 33.8 Å². The molecule has 19 heteroatoms. The Morgan fingerprint density at radius 2 is 0.543 bits per heavy atom. The third-order valence-electron chi connectivity index (χ3n) is 17.7. The molecule has 0 aliphatic carbocycles. The minimum absolute atomic E-state index is 0.105. The first-order chi connectivity index (χ1) is 45.3. The molecule has 94 heavy (non-hydrogen) atoms. The van der Waals surface area contributed by atoms with E-state index in [1.165, 1.54) is 193 Å². The Labute approximate surface area is 575 Å². The molecule has 0 spiro atoms. The maximum absolute atomic E-state index is 13.1. The van der Waals surface area contributed by atoms with E-state index in [-0.39, 0.29) is 25.7 Å². The molecule has 0 amide bonds. The molecule has 0 rings (SSSR count). The second kappa shape index (κ2) is 65.7. The number of carbonyl (C=O) groups excluding carboxylic acids is 4. The predicted octanol–water partition coefficient (Wildman–Crippen LogP) is 21.8. The van der Waals surface area contributed by atoms with Crippen molar-refractivity contribution in [2.24, 2.45) is 17.8 Å². The van der Waals surface area contributed by atoms with Crippen molar-refractivity contribution in [1.29, 1.82) is 0 Å². The van der Waals surface area contributed by atoms with E-state index in [0.717, 1.165) is 108 Å². The van der Waals surface area contributed by atoms with E-state index < -0.39 is 97.5 Å². The van der Waals surface area contributed by atoms with E-state index in [1.54, 1.807) is 0 Å². The van der Waals surface area contributed by atoms with Crippen LogP contribution in [0.5, 0.6) is 0 Å². The molecule has 3 unspecified atom stereocenters. The van der Waals surface area contributed by atoms with E-state index >= 15 is 0 Å². The zero-order valence-corrected chi connectivity index (χ0v) is 63.2. The van der Waals surface area contributed by atoms with Crippen LogP contribution in [0.25, 0.3) is 0 Å². The fraction of sp³-hybridized carbons (Fsp3) is 0.947. The standard InChI is InChI=1S/C75H146O17P2/c1-8-10-11-12-13-14-28-35-42-49-56-72(77)85-62-71(92-75(80)59-52-45-38-31-24-26-33-40-47-54-67(5)6)65-90-94(83,84)88-61-69(76)60-87-93(81,82)89-64-70(63-86-73(78)57-50-43-36-29-23-22-27-34-41-48-55-68(7)9-2)91-74(79)58-51-44-37-30-21-19-17-15-16-18-20-25-32-39-46-53-66(3)4/h66-71,76H,8-65H2,1-7H3,(H,81,82)(H,83,84)/t68?,69-,70-,71-/m1/s1. The number of aliphatic hydroxyl groups is 1. The minimum atomic E-state index is -4.96. The van der Waals surface area contributed by atoms with Gasteiger partial charge in [-0.2, -0.15) is 0 Å². The van der Waals surface area contributed by atoms with E-state index in [9.17, 15) is 43.2 Å². The molecule has 0 aromatic rings. The zero-order valence-electron chi connectivity index (χ0n) is 61.4. The molecule has 17 nitrogen and oxygen atoms in total. The number of hydrogen-bond donors (Lipinski definition) is 3. The average Bonchev–Trinajstić information content (AvgIpc) is 1.56. The first-order valence-electron chi connectivity index (χ1n) is 38.9. The van der Waals surface area contributed by atoms with Crippen LogP contribution in [0.4, 0.5) is 0 Å². The summed E-state index contributed by atoms with van der Waals surface area (Å²) in [6.45, 7) is 11.9. The second-order valence-electron chi connectivity index (χ2n) is 28.2. The number of esters is 4. The summed E-state index contributed by atoms with van der Waals surface area (Å²) in [6.07, 6.45) is 51.2. The summed E-state index contributed by atoms with van der Waals surface area (Å²) < 4.78 is 68.5. The fourth-order valence-electron chi connectivity index (χ4n) is 11.4. The molecule has 558 valence electrons. The van der Waals surface area contributed by atoms with Crippen molar-refractivity contribution in [1.82, 2.24) is 0 Å². The van der Waals surface area contributed by atoms with Gasteiger partial charge in [0, 0.05) is 25.7 Å². The van der Waals surface area contributed by atoms with Gasteiger partial charge in [0.05, 0.1) is 26.4 Å². The molecule has 0 saturated carbocycles. The Morgan fingerprint density at radius 1 is 0.309 bits per heavy atom. The Kier molecular flexibility index (Phi) is 64.3. The number of aliphatic hydroxyl groups excluding tert-OH is 1. The Bertz CT molecular complexity index is 1840. The predicted molar refractivity (Wildman–Crippen MR) is 381 cm³/mol. The van der Waals surface area contributed by atoms with Crippen LogP contribution in [0.3, 0.4) is 0 Å². The third-order valence-corrected chi connectivity index (χ3v) is 19.6. The van der Waals surface area contributed by atoms with Gasteiger partial charge in [-0.3, -0.25) is 37.3 Å². The average molecular weight is 1380 g/mol. The highest BCUT2D eigenvalue weighted by atomic mass is 31.2. The summed E-state index contributed by atoms with van der Waals surface area (Å²) in [6, 6.07) is 0. The van der Waals surface area contributed by atoms with Gasteiger partial charge in [0.15, 0.2) is 12.2 Å². The SMILES string of the molecule is CCCCCCCCCCCCC(=O)OC[C@H](COP(=O)(O)OC[C@H](O)COP(=O)(O)OC[C@@H](COC(=O)CCCCCCCCCCCCC(C)CC)OC(=O)CCCCCCCCCCCCCCCCCC(C)C)OC(=O)CCCCCCCCCCCC(C)C. The lowest BCUT2D eigenvalue weighted by Crippen LogP contribution is -2.30. The van der Waals surface area contributed by atoms with Crippen molar-refractivity contribution in [3.63, 3.8) is 0 Å². The van der Waals surface area contributed by atoms with Crippen molar-refractivity contribution in [3.8, 4) is 0 Å². The van der Waals surface area contributed by atoms with E-state index in [1.807, 2.05) is 0 Å². The molecule has 0 aromatic carbocycles. The molecule has 0 saturated heterocycles. The number of carbonyl (C=O) groups is 4. The van der Waals surface area contributed by atoms with Crippen LogP contribution in [0, 0.1) is 17.8 Å². The van der Waals surface area contributed by atoms with Gasteiger partial charge in [-0.25, -0.2) is 9.13 Å². The highest BCUT2D eigenvalue weighted by Gasteiger charge is 2.30. The van der Waals surface area contributed by atoms with Gasteiger partial charge in [0.25, 0.3) is 0 Å². The van der Waals surface area contributed by atoms with Crippen molar-refractivity contribution in [2.45, 2.75) is 401 Å². The van der Waals surface area contributed by atoms with Crippen LogP contribution in [0.2, 0.25) is 0 Å². The van der Waals surface area contributed by atoms with Crippen LogP contribution in [-0.4, -0.2) is 96.7 Å². The van der Waals surface area contributed by atoms with Crippen LogP contribution in [0.15, 0.2) is 0 Å². The summed E-state index contributed by atoms with van der Waals surface area (Å²) in [5, 5.41) is 10.6. The van der Waals surface area contributed by atoms with Gasteiger partial charge in [-0.05, 0) is 43.4 Å². The smallest absolute Gasteiger partial charge is 0.462 e. The molecule has 0 heterocycles. The molecule has 3 N–H and O–H groups in total. The highest BCUT2D eigenvalue weighted by molar-refractivity contribution is 7.47. The Balaban J connectivity index is 5.25.